The molecule has 0 unspecified atom stereocenters. The molecule has 7 nitrogen and oxygen atoms in total. The average Bonchev–Trinajstić information content (AvgIpc) is 2.54. The van der Waals surface area contributed by atoms with Gasteiger partial charge in [-0.25, -0.2) is 9.97 Å². The van der Waals surface area contributed by atoms with Crippen molar-refractivity contribution in [1.82, 2.24) is 20.2 Å². The molecule has 0 aromatic carbocycles. The maximum Gasteiger partial charge on any atom is 0.257 e. The Kier molecular flexibility index (Phi) is 6.11. The lowest BCUT2D eigenvalue weighted by atomic mass is 9.98. The van der Waals surface area contributed by atoms with E-state index in [1.54, 1.807) is 6.20 Å². The lowest BCUT2D eigenvalue weighted by Gasteiger charge is -2.36. The van der Waals surface area contributed by atoms with Gasteiger partial charge in [-0.3, -0.25) is 9.59 Å². The van der Waals surface area contributed by atoms with Crippen LogP contribution in [0.5, 0.6) is 0 Å². The Labute approximate surface area is 143 Å². The molecule has 0 spiro atoms. The predicted octanol–water partition coefficient (Wildman–Crippen LogP) is 1.37. The molecule has 7 heteroatoms. The van der Waals surface area contributed by atoms with E-state index >= 15 is 0 Å². The van der Waals surface area contributed by atoms with Crippen LogP contribution in [0.2, 0.25) is 0 Å². The number of hydrogen-bond donors (Lipinski definition) is 1. The second-order valence-corrected chi connectivity index (χ2v) is 6.48. The van der Waals surface area contributed by atoms with E-state index in [-0.39, 0.29) is 17.9 Å². The van der Waals surface area contributed by atoms with Crippen molar-refractivity contribution in [3.8, 4) is 0 Å². The van der Waals surface area contributed by atoms with Crippen molar-refractivity contribution in [3.05, 3.63) is 17.5 Å². The van der Waals surface area contributed by atoms with Gasteiger partial charge >= 0.3 is 0 Å². The zero-order valence-electron chi connectivity index (χ0n) is 15.0. The van der Waals surface area contributed by atoms with E-state index in [1.165, 1.54) is 6.92 Å². The fraction of sp³-hybridized carbons (Fsp3) is 0.647. The molecular formula is C17H27N5O2. The van der Waals surface area contributed by atoms with Crippen molar-refractivity contribution in [2.75, 3.05) is 32.1 Å². The molecule has 1 aliphatic heterocycles. The zero-order chi connectivity index (χ0) is 17.7. The molecule has 1 aromatic heterocycles. The van der Waals surface area contributed by atoms with Crippen LogP contribution in [0.25, 0.3) is 0 Å². The van der Waals surface area contributed by atoms with Crippen LogP contribution in [0.4, 0.5) is 5.95 Å². The topological polar surface area (TPSA) is 78.4 Å². The third-order valence-electron chi connectivity index (χ3n) is 4.34. The van der Waals surface area contributed by atoms with E-state index < -0.39 is 0 Å². The molecule has 1 fully saturated rings. The quantitative estimate of drug-likeness (QED) is 0.880. The highest BCUT2D eigenvalue weighted by molar-refractivity contribution is 5.95. The molecule has 2 rings (SSSR count). The number of likely N-dealkylation sites (tertiary alicyclic amines) is 1. The monoisotopic (exact) mass is 333 g/mol. The number of aromatic nitrogens is 2. The van der Waals surface area contributed by atoms with Crippen molar-refractivity contribution in [3.63, 3.8) is 0 Å². The largest absolute Gasteiger partial charge is 0.356 e. The fourth-order valence-electron chi connectivity index (χ4n) is 3.02. The summed E-state index contributed by atoms with van der Waals surface area (Å²) in [5.74, 6) is 0.558. The molecule has 0 saturated carbocycles. The first kappa shape index (κ1) is 18.2. The van der Waals surface area contributed by atoms with Gasteiger partial charge in [-0.05, 0) is 32.6 Å². The van der Waals surface area contributed by atoms with Crippen molar-refractivity contribution >= 4 is 17.8 Å². The minimum atomic E-state index is -0.0350. The summed E-state index contributed by atoms with van der Waals surface area (Å²) in [5.41, 5.74) is 1.26. The maximum atomic E-state index is 13.0. The van der Waals surface area contributed by atoms with Gasteiger partial charge in [-0.15, -0.1) is 0 Å². The molecule has 1 atom stereocenters. The smallest absolute Gasteiger partial charge is 0.257 e. The Morgan fingerprint density at radius 1 is 1.38 bits per heavy atom. The Balaban J connectivity index is 2.11. The molecule has 2 heterocycles. The minimum Gasteiger partial charge on any atom is -0.356 e. The second-order valence-electron chi connectivity index (χ2n) is 6.48. The van der Waals surface area contributed by atoms with Crippen LogP contribution in [0.15, 0.2) is 6.20 Å². The summed E-state index contributed by atoms with van der Waals surface area (Å²) < 4.78 is 0. The van der Waals surface area contributed by atoms with Gasteiger partial charge in [0, 0.05) is 46.3 Å². The van der Waals surface area contributed by atoms with Crippen LogP contribution >= 0.6 is 0 Å². The summed E-state index contributed by atoms with van der Waals surface area (Å²) in [7, 11) is 3.75. The molecule has 24 heavy (non-hydrogen) atoms. The van der Waals surface area contributed by atoms with Crippen molar-refractivity contribution in [2.24, 2.45) is 0 Å². The van der Waals surface area contributed by atoms with Gasteiger partial charge in [0.2, 0.25) is 11.9 Å². The van der Waals surface area contributed by atoms with Crippen LogP contribution in [-0.4, -0.2) is 59.9 Å². The molecule has 1 aromatic rings. The van der Waals surface area contributed by atoms with E-state index in [2.05, 4.69) is 15.3 Å². The van der Waals surface area contributed by atoms with E-state index in [4.69, 9.17) is 0 Å². The van der Waals surface area contributed by atoms with E-state index in [0.29, 0.717) is 23.8 Å². The SMILES string of the molecule is CC(=O)NCC[C@@H]1CCCCN1C(=O)c1cnc(N(C)C)nc1C. The fourth-order valence-corrected chi connectivity index (χ4v) is 3.02. The Bertz CT molecular complexity index is 603. The number of amides is 2. The van der Waals surface area contributed by atoms with Crippen LogP contribution in [0.1, 0.15) is 48.7 Å². The Morgan fingerprint density at radius 3 is 2.75 bits per heavy atom. The van der Waals surface area contributed by atoms with E-state index in [0.717, 1.165) is 32.2 Å². The molecule has 0 radical (unpaired) electrons. The third kappa shape index (κ3) is 4.43. The minimum absolute atomic E-state index is 0.00895. The lowest BCUT2D eigenvalue weighted by Crippen LogP contribution is -2.45. The van der Waals surface area contributed by atoms with Gasteiger partial charge in [-0.2, -0.15) is 0 Å². The van der Waals surface area contributed by atoms with Crippen LogP contribution in [0.3, 0.4) is 0 Å². The maximum absolute atomic E-state index is 13.0. The molecule has 132 valence electrons. The lowest BCUT2D eigenvalue weighted by molar-refractivity contribution is -0.119. The van der Waals surface area contributed by atoms with E-state index in [1.807, 2.05) is 30.8 Å². The van der Waals surface area contributed by atoms with Gasteiger partial charge in [-0.1, -0.05) is 0 Å². The van der Waals surface area contributed by atoms with Crippen molar-refractivity contribution in [1.29, 1.82) is 0 Å². The number of nitrogens with one attached hydrogen (secondary N) is 1. The summed E-state index contributed by atoms with van der Waals surface area (Å²) in [4.78, 5) is 36.4. The number of carbonyl (C=O) groups is 2. The molecule has 1 aliphatic rings. The molecule has 1 saturated heterocycles. The van der Waals surface area contributed by atoms with Gasteiger partial charge in [0.05, 0.1) is 11.3 Å². The van der Waals surface area contributed by atoms with Crippen molar-refractivity contribution in [2.45, 2.75) is 45.6 Å². The Hall–Kier alpha value is -2.18. The number of aryl methyl sites for hydroxylation is 1. The highest BCUT2D eigenvalue weighted by atomic mass is 16.2. The van der Waals surface area contributed by atoms with Crippen LogP contribution < -0.4 is 10.2 Å². The summed E-state index contributed by atoms with van der Waals surface area (Å²) in [6.45, 7) is 4.70. The summed E-state index contributed by atoms with van der Waals surface area (Å²) in [5, 5.41) is 2.82. The Morgan fingerprint density at radius 2 is 2.12 bits per heavy atom. The van der Waals surface area contributed by atoms with Gasteiger partial charge in [0.1, 0.15) is 0 Å². The van der Waals surface area contributed by atoms with E-state index in [9.17, 15) is 9.59 Å². The van der Waals surface area contributed by atoms with Crippen LogP contribution in [-0.2, 0) is 4.79 Å². The first-order chi connectivity index (χ1) is 11.4. The second kappa shape index (κ2) is 8.08. The predicted molar refractivity (Wildman–Crippen MR) is 93.1 cm³/mol. The first-order valence-corrected chi connectivity index (χ1v) is 8.46. The zero-order valence-corrected chi connectivity index (χ0v) is 15.0. The standard InChI is InChI=1S/C17H27N5O2/c1-12-15(11-19-17(20-12)21(3)4)16(24)22-10-6-5-7-14(22)8-9-18-13(2)23/h11,14H,5-10H2,1-4H3,(H,18,23)/t14-/m0/s1. The van der Waals surface area contributed by atoms with Crippen LogP contribution in [0, 0.1) is 6.92 Å². The summed E-state index contributed by atoms with van der Waals surface area (Å²) in [6, 6.07) is 0.158. The molecule has 2 amide bonds. The summed E-state index contributed by atoms with van der Waals surface area (Å²) >= 11 is 0. The van der Waals surface area contributed by atoms with Gasteiger partial charge in [0.25, 0.3) is 5.91 Å². The number of carbonyl (C=O) groups excluding carboxylic acids is 2. The highest BCUT2D eigenvalue weighted by Crippen LogP contribution is 2.22. The van der Waals surface area contributed by atoms with Crippen molar-refractivity contribution < 1.29 is 9.59 Å². The number of nitrogens with zero attached hydrogens (tertiary/aromatic N) is 4. The molecular weight excluding hydrogens is 306 g/mol. The number of piperidine rings is 1. The summed E-state index contributed by atoms with van der Waals surface area (Å²) in [6.07, 6.45) is 5.50. The van der Waals surface area contributed by atoms with Gasteiger partial charge < -0.3 is 15.1 Å². The molecule has 1 N–H and O–H groups in total. The third-order valence-corrected chi connectivity index (χ3v) is 4.34. The van der Waals surface area contributed by atoms with Gasteiger partial charge in [0.15, 0.2) is 0 Å². The highest BCUT2D eigenvalue weighted by Gasteiger charge is 2.28. The number of rotatable bonds is 5. The number of anilines is 1. The molecule has 0 aliphatic carbocycles. The average molecular weight is 333 g/mol. The first-order valence-electron chi connectivity index (χ1n) is 8.46. The normalized spacial score (nSPS) is 17.5. The number of hydrogen-bond acceptors (Lipinski definition) is 5. The molecule has 0 bridgehead atoms.